The van der Waals surface area contributed by atoms with E-state index in [1.54, 1.807) is 0 Å². The number of amides is 1. The Kier molecular flexibility index (Phi) is 10.9. The van der Waals surface area contributed by atoms with E-state index in [1.165, 1.54) is 25.0 Å². The highest BCUT2D eigenvalue weighted by Crippen LogP contribution is 2.36. The average Bonchev–Trinajstić information content (AvgIpc) is 2.69. The molecule has 1 fully saturated rings. The van der Waals surface area contributed by atoms with Gasteiger partial charge in [-0.1, -0.05) is 20.3 Å². The zero-order chi connectivity index (χ0) is 17.9. The SMILES string of the molecule is CC(NCCNC(=O)CCCCC1CCSC(C)C(C)S1)=[N+](C)C. The molecule has 24 heavy (non-hydrogen) atoms. The second-order valence-corrected chi connectivity index (χ2v) is 10.00. The van der Waals surface area contributed by atoms with Crippen LogP contribution in [-0.2, 0) is 4.79 Å². The fraction of sp³-hybridized carbons (Fsp3) is 0.889. The van der Waals surface area contributed by atoms with Crippen LogP contribution in [0.4, 0.5) is 0 Å². The van der Waals surface area contributed by atoms with Crippen molar-refractivity contribution < 1.29 is 9.37 Å². The summed E-state index contributed by atoms with van der Waals surface area (Å²) in [7, 11) is 4.02. The minimum atomic E-state index is 0.186. The van der Waals surface area contributed by atoms with Crippen LogP contribution >= 0.6 is 23.5 Å². The predicted octanol–water partition coefficient (Wildman–Crippen LogP) is 2.96. The summed E-state index contributed by atoms with van der Waals surface area (Å²) >= 11 is 4.27. The second kappa shape index (κ2) is 12.1. The van der Waals surface area contributed by atoms with Gasteiger partial charge in [0, 0.05) is 29.1 Å². The highest BCUT2D eigenvalue weighted by atomic mass is 32.2. The Morgan fingerprint density at radius 2 is 1.83 bits per heavy atom. The molecule has 1 aliphatic rings. The molecule has 0 aromatic rings. The van der Waals surface area contributed by atoms with Crippen LogP contribution < -0.4 is 10.6 Å². The third-order valence-electron chi connectivity index (χ3n) is 4.57. The topological polar surface area (TPSA) is 44.1 Å². The number of unbranched alkanes of at least 4 members (excludes halogenated alkanes) is 1. The van der Waals surface area contributed by atoms with Crippen LogP contribution in [0.25, 0.3) is 0 Å². The lowest BCUT2D eigenvalue weighted by Crippen LogP contribution is -2.36. The number of nitrogens with zero attached hydrogens (tertiary/aromatic N) is 1. The van der Waals surface area contributed by atoms with Crippen LogP contribution in [0.1, 0.15) is 52.9 Å². The Morgan fingerprint density at radius 3 is 2.54 bits per heavy atom. The zero-order valence-electron chi connectivity index (χ0n) is 16.1. The number of hydrogen-bond acceptors (Lipinski definition) is 3. The summed E-state index contributed by atoms with van der Waals surface area (Å²) in [5.41, 5.74) is 0. The van der Waals surface area contributed by atoms with E-state index in [2.05, 4.69) is 48.0 Å². The standard InChI is InChI=1S/C18H35N3OS2/c1-14-15(2)24-17(10-13-23-14)8-6-7-9-18(22)20-12-11-19-16(3)21(4)5/h14-15,17H,6-13H2,1-5H3,(H,20,22)/p+1. The molecule has 1 rings (SSSR count). The van der Waals surface area contributed by atoms with Crippen molar-refractivity contribution in [2.45, 2.75) is 68.6 Å². The highest BCUT2D eigenvalue weighted by Gasteiger charge is 2.22. The first kappa shape index (κ1) is 21.7. The lowest BCUT2D eigenvalue weighted by molar-refractivity contribution is -0.467. The summed E-state index contributed by atoms with van der Waals surface area (Å²) in [6, 6.07) is 0. The smallest absolute Gasteiger partial charge is 0.241 e. The van der Waals surface area contributed by atoms with Crippen molar-refractivity contribution in [3.8, 4) is 0 Å². The number of rotatable bonds is 8. The number of carbonyl (C=O) groups excluding carboxylic acids is 1. The summed E-state index contributed by atoms with van der Waals surface area (Å²) in [6.07, 6.45) is 5.42. The van der Waals surface area contributed by atoms with Gasteiger partial charge in [0.05, 0.1) is 27.2 Å². The van der Waals surface area contributed by atoms with Crippen molar-refractivity contribution in [3.63, 3.8) is 0 Å². The van der Waals surface area contributed by atoms with Crippen LogP contribution in [-0.4, -0.2) is 65.0 Å². The van der Waals surface area contributed by atoms with E-state index < -0.39 is 0 Å². The fourth-order valence-corrected chi connectivity index (χ4v) is 5.59. The monoisotopic (exact) mass is 374 g/mol. The Labute approximate surface area is 157 Å². The molecule has 1 heterocycles. The van der Waals surface area contributed by atoms with Crippen molar-refractivity contribution in [3.05, 3.63) is 0 Å². The number of carbonyl (C=O) groups is 1. The summed E-state index contributed by atoms with van der Waals surface area (Å²) in [4.78, 5) is 11.9. The largest absolute Gasteiger partial charge is 0.352 e. The van der Waals surface area contributed by atoms with Crippen molar-refractivity contribution in [1.82, 2.24) is 10.6 Å². The molecule has 6 heteroatoms. The molecule has 4 nitrogen and oxygen atoms in total. The number of nitrogens with one attached hydrogen (secondary N) is 2. The molecule has 1 saturated heterocycles. The minimum Gasteiger partial charge on any atom is -0.352 e. The summed E-state index contributed by atoms with van der Waals surface area (Å²) in [6.45, 7) is 8.21. The van der Waals surface area contributed by atoms with Crippen LogP contribution in [0.15, 0.2) is 0 Å². The van der Waals surface area contributed by atoms with E-state index in [0.29, 0.717) is 13.0 Å². The fourth-order valence-electron chi connectivity index (χ4n) is 2.56. The number of thioether (sulfide) groups is 2. The Morgan fingerprint density at radius 1 is 1.12 bits per heavy atom. The second-order valence-electron chi connectivity index (χ2n) is 6.83. The van der Waals surface area contributed by atoms with Crippen LogP contribution in [0.2, 0.25) is 0 Å². The zero-order valence-corrected chi connectivity index (χ0v) is 17.7. The molecular formula is C18H36N3OS2+. The van der Waals surface area contributed by atoms with Crippen LogP contribution in [0.5, 0.6) is 0 Å². The molecule has 3 unspecified atom stereocenters. The first-order chi connectivity index (χ1) is 11.4. The summed E-state index contributed by atoms with van der Waals surface area (Å²) in [5, 5.41) is 8.59. The molecule has 1 amide bonds. The van der Waals surface area contributed by atoms with Crippen molar-refractivity contribution in [1.29, 1.82) is 0 Å². The predicted molar refractivity (Wildman–Crippen MR) is 110 cm³/mol. The molecule has 0 bridgehead atoms. The van der Waals surface area contributed by atoms with Gasteiger partial charge in [0.15, 0.2) is 0 Å². The van der Waals surface area contributed by atoms with Gasteiger partial charge in [0.1, 0.15) is 0 Å². The van der Waals surface area contributed by atoms with Gasteiger partial charge >= 0.3 is 0 Å². The quantitative estimate of drug-likeness (QED) is 0.297. The highest BCUT2D eigenvalue weighted by molar-refractivity contribution is 8.04. The Balaban J connectivity index is 2.06. The van der Waals surface area contributed by atoms with Crippen molar-refractivity contribution in [2.24, 2.45) is 0 Å². The maximum Gasteiger partial charge on any atom is 0.241 e. The lowest BCUT2D eigenvalue weighted by Gasteiger charge is -2.19. The molecule has 0 radical (unpaired) electrons. The first-order valence-corrected chi connectivity index (χ1v) is 11.2. The Hall–Kier alpha value is -0.360. The molecule has 0 spiro atoms. The number of amidine groups is 1. The molecule has 0 saturated carbocycles. The first-order valence-electron chi connectivity index (χ1n) is 9.18. The van der Waals surface area contributed by atoms with Gasteiger partial charge in [-0.2, -0.15) is 23.5 Å². The van der Waals surface area contributed by atoms with E-state index >= 15 is 0 Å². The third-order valence-corrected chi connectivity index (χ3v) is 7.84. The van der Waals surface area contributed by atoms with Gasteiger partial charge in [-0.05, 0) is 25.0 Å². The van der Waals surface area contributed by atoms with Crippen molar-refractivity contribution in [2.75, 3.05) is 32.9 Å². The normalized spacial score (nSPS) is 24.1. The molecule has 0 aromatic heterocycles. The molecular weight excluding hydrogens is 338 g/mol. The maximum absolute atomic E-state index is 11.9. The average molecular weight is 375 g/mol. The van der Waals surface area contributed by atoms with Crippen LogP contribution in [0.3, 0.4) is 0 Å². The van der Waals surface area contributed by atoms with Gasteiger partial charge in [-0.15, -0.1) is 0 Å². The molecule has 3 atom stereocenters. The van der Waals surface area contributed by atoms with Gasteiger partial charge in [-0.3, -0.25) is 14.7 Å². The maximum atomic E-state index is 11.9. The van der Waals surface area contributed by atoms with E-state index in [0.717, 1.165) is 34.6 Å². The van der Waals surface area contributed by atoms with Crippen molar-refractivity contribution >= 4 is 35.3 Å². The van der Waals surface area contributed by atoms with Gasteiger partial charge in [0.25, 0.3) is 0 Å². The Bertz CT molecular complexity index is 411. The molecule has 0 aliphatic carbocycles. The lowest BCUT2D eigenvalue weighted by atomic mass is 10.1. The van der Waals surface area contributed by atoms with E-state index in [-0.39, 0.29) is 5.91 Å². The minimum absolute atomic E-state index is 0.186. The molecule has 0 aromatic carbocycles. The number of hydrogen-bond donors (Lipinski definition) is 2. The summed E-state index contributed by atoms with van der Waals surface area (Å²) in [5.74, 6) is 2.59. The van der Waals surface area contributed by atoms with E-state index in [4.69, 9.17) is 0 Å². The van der Waals surface area contributed by atoms with E-state index in [1.807, 2.05) is 25.6 Å². The molecule has 2 N–H and O–H groups in total. The van der Waals surface area contributed by atoms with Gasteiger partial charge in [0.2, 0.25) is 11.7 Å². The van der Waals surface area contributed by atoms with Crippen LogP contribution in [0, 0.1) is 0 Å². The van der Waals surface area contributed by atoms with E-state index in [9.17, 15) is 4.79 Å². The summed E-state index contributed by atoms with van der Waals surface area (Å²) < 4.78 is 2.04. The van der Waals surface area contributed by atoms with Gasteiger partial charge in [-0.25, -0.2) is 0 Å². The van der Waals surface area contributed by atoms with Gasteiger partial charge < -0.3 is 5.32 Å². The molecule has 1 aliphatic heterocycles. The molecule has 140 valence electrons. The third kappa shape index (κ3) is 9.21.